The minimum absolute atomic E-state index is 0.426. The number of unbranched alkanes of at least 4 members (excludes halogenated alkanes) is 5. The van der Waals surface area contributed by atoms with E-state index in [1.807, 2.05) is 6.21 Å². The first kappa shape index (κ1) is 13.7. The van der Waals surface area contributed by atoms with E-state index in [0.717, 1.165) is 19.6 Å². The summed E-state index contributed by atoms with van der Waals surface area (Å²) in [6, 6.07) is 0. The molecule has 0 saturated carbocycles. The summed E-state index contributed by atoms with van der Waals surface area (Å²) in [5.41, 5.74) is 5.58. The van der Waals surface area contributed by atoms with Crippen LogP contribution < -0.4 is 5.73 Å². The fourth-order valence-electron chi connectivity index (χ4n) is 2.26. The molecule has 0 aromatic rings. The summed E-state index contributed by atoms with van der Waals surface area (Å²) in [7, 11) is 0. The largest absolute Gasteiger partial charge is 0.329 e. The standard InChI is InChI=1S/C13H27N3/c1-2-3-4-5-6-7-8-13-15-10-12-16(13)11-9-14/h10,13H,2-9,11-12,14H2,1H3. The highest BCUT2D eigenvalue weighted by molar-refractivity contribution is 5.62. The molecule has 1 unspecified atom stereocenters. The minimum atomic E-state index is 0.426. The van der Waals surface area contributed by atoms with Gasteiger partial charge in [0.05, 0.1) is 0 Å². The Morgan fingerprint density at radius 2 is 2.00 bits per heavy atom. The van der Waals surface area contributed by atoms with E-state index in [1.54, 1.807) is 0 Å². The highest BCUT2D eigenvalue weighted by Gasteiger charge is 2.18. The van der Waals surface area contributed by atoms with Crippen molar-refractivity contribution in [2.45, 2.75) is 58.0 Å². The summed E-state index contributed by atoms with van der Waals surface area (Å²) < 4.78 is 0. The van der Waals surface area contributed by atoms with Gasteiger partial charge in [0.2, 0.25) is 0 Å². The molecule has 0 amide bonds. The Bertz CT molecular complexity index is 192. The molecule has 3 heteroatoms. The first-order valence-electron chi connectivity index (χ1n) is 6.84. The van der Waals surface area contributed by atoms with E-state index in [0.29, 0.717) is 6.17 Å². The number of hydrogen-bond acceptors (Lipinski definition) is 3. The smallest absolute Gasteiger partial charge is 0.102 e. The number of aliphatic imine (C=N–C) groups is 1. The van der Waals surface area contributed by atoms with Crippen molar-refractivity contribution in [3.05, 3.63) is 0 Å². The van der Waals surface area contributed by atoms with Gasteiger partial charge in [-0.1, -0.05) is 39.0 Å². The van der Waals surface area contributed by atoms with Crippen LogP contribution in [0.2, 0.25) is 0 Å². The lowest BCUT2D eigenvalue weighted by molar-refractivity contribution is 0.241. The van der Waals surface area contributed by atoms with Crippen LogP contribution in [0.5, 0.6) is 0 Å². The fraction of sp³-hybridized carbons (Fsp3) is 0.923. The molecular weight excluding hydrogens is 198 g/mol. The average Bonchev–Trinajstić information content (AvgIpc) is 2.72. The Labute approximate surface area is 100 Å². The Hall–Kier alpha value is -0.410. The van der Waals surface area contributed by atoms with Gasteiger partial charge in [0.25, 0.3) is 0 Å². The average molecular weight is 225 g/mol. The summed E-state index contributed by atoms with van der Waals surface area (Å²) >= 11 is 0. The van der Waals surface area contributed by atoms with Gasteiger partial charge in [-0.2, -0.15) is 0 Å². The maximum Gasteiger partial charge on any atom is 0.102 e. The zero-order chi connectivity index (χ0) is 11.6. The van der Waals surface area contributed by atoms with Gasteiger partial charge in [-0.05, 0) is 12.8 Å². The number of nitrogens with two attached hydrogens (primary N) is 1. The Kier molecular flexibility index (Phi) is 7.43. The second-order valence-corrected chi connectivity index (χ2v) is 4.65. The first-order valence-corrected chi connectivity index (χ1v) is 6.84. The van der Waals surface area contributed by atoms with Crippen molar-refractivity contribution >= 4 is 6.21 Å². The summed E-state index contributed by atoms with van der Waals surface area (Å²) in [6.45, 7) is 4.99. The SMILES string of the molecule is CCCCCCCCC1N=CCN1CCN. The molecule has 3 nitrogen and oxygen atoms in total. The van der Waals surface area contributed by atoms with Gasteiger partial charge in [-0.15, -0.1) is 0 Å². The highest BCUT2D eigenvalue weighted by Crippen LogP contribution is 2.15. The topological polar surface area (TPSA) is 41.6 Å². The molecule has 94 valence electrons. The molecule has 1 atom stereocenters. The van der Waals surface area contributed by atoms with Gasteiger partial charge < -0.3 is 5.73 Å². The molecule has 2 N–H and O–H groups in total. The lowest BCUT2D eigenvalue weighted by Crippen LogP contribution is -2.34. The molecule has 0 aromatic heterocycles. The van der Waals surface area contributed by atoms with Gasteiger partial charge >= 0.3 is 0 Å². The van der Waals surface area contributed by atoms with Gasteiger partial charge in [0, 0.05) is 25.8 Å². The zero-order valence-electron chi connectivity index (χ0n) is 10.7. The van der Waals surface area contributed by atoms with E-state index in [9.17, 15) is 0 Å². The molecule has 0 bridgehead atoms. The molecule has 0 radical (unpaired) electrons. The zero-order valence-corrected chi connectivity index (χ0v) is 10.7. The lowest BCUT2D eigenvalue weighted by Gasteiger charge is -2.21. The number of rotatable bonds is 9. The van der Waals surface area contributed by atoms with Gasteiger partial charge in [0.15, 0.2) is 0 Å². The summed E-state index contributed by atoms with van der Waals surface area (Å²) in [6.07, 6.45) is 11.9. The van der Waals surface area contributed by atoms with E-state index in [4.69, 9.17) is 5.73 Å². The van der Waals surface area contributed by atoms with Gasteiger partial charge in [-0.25, -0.2) is 0 Å². The van der Waals surface area contributed by atoms with Crippen LogP contribution in [0, 0.1) is 0 Å². The first-order chi connectivity index (χ1) is 7.88. The predicted molar refractivity (Wildman–Crippen MR) is 70.9 cm³/mol. The molecule has 1 aliphatic heterocycles. The van der Waals surface area contributed by atoms with Crippen LogP contribution >= 0.6 is 0 Å². The molecule has 0 saturated heterocycles. The lowest BCUT2D eigenvalue weighted by atomic mass is 10.1. The summed E-state index contributed by atoms with van der Waals surface area (Å²) in [4.78, 5) is 6.90. The van der Waals surface area contributed by atoms with E-state index >= 15 is 0 Å². The van der Waals surface area contributed by atoms with Crippen LogP contribution in [-0.4, -0.2) is 36.9 Å². The van der Waals surface area contributed by atoms with Crippen molar-refractivity contribution in [3.63, 3.8) is 0 Å². The molecule has 16 heavy (non-hydrogen) atoms. The quantitative estimate of drug-likeness (QED) is 0.612. The third-order valence-corrected chi connectivity index (χ3v) is 3.25. The van der Waals surface area contributed by atoms with Gasteiger partial charge in [-0.3, -0.25) is 9.89 Å². The molecular formula is C13H27N3. The van der Waals surface area contributed by atoms with Crippen LogP contribution in [-0.2, 0) is 0 Å². The third kappa shape index (κ3) is 5.08. The molecule has 1 rings (SSSR count). The van der Waals surface area contributed by atoms with Crippen molar-refractivity contribution in [2.75, 3.05) is 19.6 Å². The maximum absolute atomic E-state index is 5.58. The highest BCUT2D eigenvalue weighted by atomic mass is 15.3. The van der Waals surface area contributed by atoms with E-state index in [-0.39, 0.29) is 0 Å². The Morgan fingerprint density at radius 1 is 1.25 bits per heavy atom. The molecule has 0 fully saturated rings. The van der Waals surface area contributed by atoms with Crippen LogP contribution in [0.3, 0.4) is 0 Å². The number of hydrogen-bond donors (Lipinski definition) is 1. The van der Waals surface area contributed by atoms with Crippen molar-refractivity contribution in [1.82, 2.24) is 4.90 Å². The van der Waals surface area contributed by atoms with Crippen molar-refractivity contribution in [3.8, 4) is 0 Å². The summed E-state index contributed by atoms with van der Waals surface area (Å²) in [5.74, 6) is 0. The Morgan fingerprint density at radius 3 is 2.75 bits per heavy atom. The predicted octanol–water partition coefficient (Wildman–Crippen LogP) is 2.41. The molecule has 1 heterocycles. The van der Waals surface area contributed by atoms with E-state index < -0.39 is 0 Å². The van der Waals surface area contributed by atoms with Crippen molar-refractivity contribution in [2.24, 2.45) is 10.7 Å². The molecule has 1 aliphatic rings. The van der Waals surface area contributed by atoms with Crippen LogP contribution in [0.25, 0.3) is 0 Å². The number of nitrogens with zero attached hydrogens (tertiary/aromatic N) is 2. The molecule has 0 aliphatic carbocycles. The normalized spacial score (nSPS) is 20.8. The van der Waals surface area contributed by atoms with Crippen molar-refractivity contribution in [1.29, 1.82) is 0 Å². The fourth-order valence-corrected chi connectivity index (χ4v) is 2.26. The molecule has 0 spiro atoms. The maximum atomic E-state index is 5.58. The third-order valence-electron chi connectivity index (χ3n) is 3.25. The minimum Gasteiger partial charge on any atom is -0.329 e. The van der Waals surface area contributed by atoms with Crippen LogP contribution in [0.15, 0.2) is 4.99 Å². The Balaban J connectivity index is 2.01. The van der Waals surface area contributed by atoms with Gasteiger partial charge in [0.1, 0.15) is 6.17 Å². The monoisotopic (exact) mass is 225 g/mol. The molecule has 0 aromatic carbocycles. The van der Waals surface area contributed by atoms with E-state index in [2.05, 4.69) is 16.8 Å². The van der Waals surface area contributed by atoms with E-state index in [1.165, 1.54) is 44.9 Å². The summed E-state index contributed by atoms with van der Waals surface area (Å²) in [5, 5.41) is 0. The van der Waals surface area contributed by atoms with Crippen LogP contribution in [0.4, 0.5) is 0 Å². The second-order valence-electron chi connectivity index (χ2n) is 4.65. The van der Waals surface area contributed by atoms with Crippen LogP contribution in [0.1, 0.15) is 51.9 Å². The van der Waals surface area contributed by atoms with Crippen molar-refractivity contribution < 1.29 is 0 Å². The second kappa shape index (κ2) is 8.71.